The predicted molar refractivity (Wildman–Crippen MR) is 67.7 cm³/mol. The predicted octanol–water partition coefficient (Wildman–Crippen LogP) is 2.46. The highest BCUT2D eigenvalue weighted by molar-refractivity contribution is 7.05. The molecule has 0 saturated heterocycles. The largest absolute Gasteiger partial charge is 0.325 e. The summed E-state index contributed by atoms with van der Waals surface area (Å²) in [5.74, 6) is 2.94. The molecule has 1 heterocycles. The highest BCUT2D eigenvalue weighted by Gasteiger charge is 2.53. The van der Waals surface area contributed by atoms with E-state index in [2.05, 4.69) is 9.59 Å². The van der Waals surface area contributed by atoms with Gasteiger partial charge in [-0.1, -0.05) is 4.49 Å². The summed E-state index contributed by atoms with van der Waals surface area (Å²) in [6.45, 7) is 0.563. The van der Waals surface area contributed by atoms with Crippen LogP contribution in [0.2, 0.25) is 0 Å². The quantitative estimate of drug-likeness (QED) is 0.876. The van der Waals surface area contributed by atoms with Crippen LogP contribution in [0.4, 0.5) is 0 Å². The molecule has 5 rings (SSSR count). The molecule has 4 fully saturated rings. The molecule has 0 amide bonds. The Kier molecular flexibility index (Phi) is 2.16. The zero-order valence-electron chi connectivity index (χ0n) is 10.1. The van der Waals surface area contributed by atoms with Crippen LogP contribution in [0.1, 0.15) is 49.1 Å². The maximum atomic E-state index is 5.82. The SMILES string of the molecule is NCc1nnsc1C12CC3CC(CC(C3)C1)C2. The first-order chi connectivity index (χ1) is 8.29. The van der Waals surface area contributed by atoms with E-state index in [4.69, 9.17) is 5.73 Å². The molecular formula is C13H19N3S. The van der Waals surface area contributed by atoms with Crippen LogP contribution in [-0.4, -0.2) is 9.59 Å². The summed E-state index contributed by atoms with van der Waals surface area (Å²) in [4.78, 5) is 1.44. The summed E-state index contributed by atoms with van der Waals surface area (Å²) in [5.41, 5.74) is 7.33. The normalized spacial score (nSPS) is 43.2. The lowest BCUT2D eigenvalue weighted by atomic mass is 9.49. The van der Waals surface area contributed by atoms with Gasteiger partial charge in [0.2, 0.25) is 0 Å². The molecule has 0 unspecified atom stereocenters. The van der Waals surface area contributed by atoms with Gasteiger partial charge in [0.1, 0.15) is 0 Å². The van der Waals surface area contributed by atoms with Gasteiger partial charge in [-0.25, -0.2) is 0 Å². The number of hydrogen-bond donors (Lipinski definition) is 1. The molecule has 4 bridgehead atoms. The Labute approximate surface area is 106 Å². The fraction of sp³-hybridized carbons (Fsp3) is 0.846. The lowest BCUT2D eigenvalue weighted by Crippen LogP contribution is -2.48. The van der Waals surface area contributed by atoms with E-state index in [0.717, 1.165) is 23.4 Å². The van der Waals surface area contributed by atoms with Gasteiger partial charge in [-0.05, 0) is 67.8 Å². The summed E-state index contributed by atoms with van der Waals surface area (Å²) in [5, 5.41) is 4.24. The fourth-order valence-corrected chi connectivity index (χ4v) is 6.03. The van der Waals surface area contributed by atoms with Crippen molar-refractivity contribution in [2.45, 2.75) is 50.5 Å². The van der Waals surface area contributed by atoms with Crippen molar-refractivity contribution >= 4 is 11.5 Å². The van der Waals surface area contributed by atoms with E-state index < -0.39 is 0 Å². The first-order valence-corrected chi connectivity index (χ1v) is 7.58. The van der Waals surface area contributed by atoms with Crippen molar-refractivity contribution in [1.82, 2.24) is 9.59 Å². The zero-order valence-corrected chi connectivity index (χ0v) is 10.9. The van der Waals surface area contributed by atoms with Crippen molar-refractivity contribution in [3.8, 4) is 0 Å². The number of nitrogens with two attached hydrogens (primary N) is 1. The summed E-state index contributed by atoms with van der Waals surface area (Å²) in [7, 11) is 0. The van der Waals surface area contributed by atoms with Gasteiger partial charge in [-0.3, -0.25) is 0 Å². The molecule has 17 heavy (non-hydrogen) atoms. The number of hydrogen-bond acceptors (Lipinski definition) is 4. The molecule has 1 aromatic rings. The maximum absolute atomic E-state index is 5.82. The van der Waals surface area contributed by atoms with E-state index >= 15 is 0 Å². The van der Waals surface area contributed by atoms with Crippen LogP contribution in [-0.2, 0) is 12.0 Å². The van der Waals surface area contributed by atoms with Crippen LogP contribution in [0.5, 0.6) is 0 Å². The summed E-state index contributed by atoms with van der Waals surface area (Å²) in [6.07, 6.45) is 8.62. The van der Waals surface area contributed by atoms with E-state index in [0.29, 0.717) is 12.0 Å². The Morgan fingerprint density at radius 2 is 1.71 bits per heavy atom. The minimum absolute atomic E-state index is 0.428. The monoisotopic (exact) mass is 249 g/mol. The lowest BCUT2D eigenvalue weighted by Gasteiger charge is -2.56. The molecule has 92 valence electrons. The third-order valence-corrected chi connectivity index (χ3v) is 6.28. The molecule has 0 atom stereocenters. The molecule has 0 aromatic carbocycles. The van der Waals surface area contributed by atoms with Crippen LogP contribution < -0.4 is 5.73 Å². The third-order valence-electron chi connectivity index (χ3n) is 5.27. The van der Waals surface area contributed by atoms with E-state index in [1.807, 2.05) is 0 Å². The number of rotatable bonds is 2. The third kappa shape index (κ3) is 1.43. The Morgan fingerprint density at radius 1 is 1.12 bits per heavy atom. The molecule has 4 aliphatic rings. The molecule has 4 saturated carbocycles. The molecule has 0 radical (unpaired) electrons. The van der Waals surface area contributed by atoms with Crippen LogP contribution in [0.3, 0.4) is 0 Å². The van der Waals surface area contributed by atoms with E-state index in [-0.39, 0.29) is 0 Å². The molecule has 4 heteroatoms. The Hall–Kier alpha value is -0.480. The highest BCUT2D eigenvalue weighted by Crippen LogP contribution is 2.61. The van der Waals surface area contributed by atoms with Gasteiger partial charge in [-0.2, -0.15) is 0 Å². The van der Waals surface area contributed by atoms with E-state index in [1.54, 1.807) is 11.5 Å². The summed E-state index contributed by atoms with van der Waals surface area (Å²) >= 11 is 1.62. The van der Waals surface area contributed by atoms with Crippen LogP contribution in [0, 0.1) is 17.8 Å². The molecular weight excluding hydrogens is 230 g/mol. The first kappa shape index (κ1) is 10.4. The topological polar surface area (TPSA) is 51.8 Å². The van der Waals surface area contributed by atoms with Gasteiger partial charge in [0, 0.05) is 12.0 Å². The number of aromatic nitrogens is 2. The van der Waals surface area contributed by atoms with E-state index in [1.165, 1.54) is 43.4 Å². The average molecular weight is 249 g/mol. The molecule has 0 spiro atoms. The van der Waals surface area contributed by atoms with Crippen molar-refractivity contribution in [3.05, 3.63) is 10.6 Å². The van der Waals surface area contributed by atoms with Gasteiger partial charge in [0.05, 0.1) is 10.6 Å². The Morgan fingerprint density at radius 3 is 2.24 bits per heavy atom. The standard InChI is InChI=1S/C13H19N3S/c14-7-11-12(17-16-15-11)13-4-8-1-9(5-13)3-10(2-8)6-13/h8-10H,1-7,14H2. The highest BCUT2D eigenvalue weighted by atomic mass is 32.1. The van der Waals surface area contributed by atoms with Gasteiger partial charge >= 0.3 is 0 Å². The summed E-state index contributed by atoms with van der Waals surface area (Å²) in [6, 6.07) is 0. The molecule has 0 aliphatic heterocycles. The minimum atomic E-state index is 0.428. The second kappa shape index (κ2) is 3.51. The maximum Gasteiger partial charge on any atom is 0.0928 e. The zero-order chi connectivity index (χ0) is 11.5. The van der Waals surface area contributed by atoms with Gasteiger partial charge in [0.25, 0.3) is 0 Å². The molecule has 4 aliphatic carbocycles. The van der Waals surface area contributed by atoms with Gasteiger partial charge in [0.15, 0.2) is 0 Å². The van der Waals surface area contributed by atoms with Crippen LogP contribution >= 0.6 is 11.5 Å². The van der Waals surface area contributed by atoms with Crippen molar-refractivity contribution in [1.29, 1.82) is 0 Å². The van der Waals surface area contributed by atoms with Crippen LogP contribution in [0.25, 0.3) is 0 Å². The van der Waals surface area contributed by atoms with E-state index in [9.17, 15) is 0 Å². The van der Waals surface area contributed by atoms with Crippen molar-refractivity contribution in [2.24, 2.45) is 23.5 Å². The number of nitrogens with zero attached hydrogens (tertiary/aromatic N) is 2. The lowest BCUT2D eigenvalue weighted by molar-refractivity contribution is -0.00393. The second-order valence-electron chi connectivity index (χ2n) is 6.45. The van der Waals surface area contributed by atoms with Crippen molar-refractivity contribution < 1.29 is 0 Å². The summed E-state index contributed by atoms with van der Waals surface area (Å²) < 4.78 is 4.16. The molecule has 1 aromatic heterocycles. The average Bonchev–Trinajstić information content (AvgIpc) is 2.75. The van der Waals surface area contributed by atoms with Gasteiger partial charge < -0.3 is 5.73 Å². The Bertz CT molecular complexity index is 404. The first-order valence-electron chi connectivity index (χ1n) is 6.81. The Balaban J connectivity index is 1.77. The van der Waals surface area contributed by atoms with Gasteiger partial charge in [-0.15, -0.1) is 5.10 Å². The van der Waals surface area contributed by atoms with Crippen molar-refractivity contribution in [3.63, 3.8) is 0 Å². The fourth-order valence-electron chi connectivity index (χ4n) is 5.13. The molecule has 3 nitrogen and oxygen atoms in total. The minimum Gasteiger partial charge on any atom is -0.325 e. The second-order valence-corrected chi connectivity index (χ2v) is 7.20. The van der Waals surface area contributed by atoms with Crippen molar-refractivity contribution in [2.75, 3.05) is 0 Å². The molecule has 2 N–H and O–H groups in total. The van der Waals surface area contributed by atoms with Crippen LogP contribution in [0.15, 0.2) is 0 Å². The smallest absolute Gasteiger partial charge is 0.0928 e.